The van der Waals surface area contributed by atoms with Crippen LogP contribution in [0, 0.1) is 5.82 Å². The Morgan fingerprint density at radius 1 is 0.944 bits per heavy atom. The molecule has 4 rings (SSSR count). The minimum Gasteiger partial charge on any atom is -0.350 e. The topological polar surface area (TPSA) is 63.1 Å². The van der Waals surface area contributed by atoms with Gasteiger partial charge in [0, 0.05) is 46.3 Å². The zero-order valence-corrected chi connectivity index (χ0v) is 19.6. The molecule has 36 heavy (non-hydrogen) atoms. The predicted octanol–water partition coefficient (Wildman–Crippen LogP) is 5.96. The second kappa shape index (κ2) is 10.9. The number of aromatic nitrogens is 1. The molecule has 0 aliphatic carbocycles. The first-order valence-corrected chi connectivity index (χ1v) is 11.9. The number of amides is 2. The molecule has 0 bridgehead atoms. The molecule has 0 unspecified atom stereocenters. The summed E-state index contributed by atoms with van der Waals surface area (Å²) >= 11 is 1.27. The smallest absolute Gasteiger partial charge is 0.350 e. The number of alkyl halides is 3. The van der Waals surface area contributed by atoms with Gasteiger partial charge in [0.1, 0.15) is 5.82 Å². The molecule has 0 spiro atoms. The van der Waals surface area contributed by atoms with Crippen LogP contribution in [0.1, 0.15) is 15.9 Å². The molecule has 0 saturated carbocycles. The maximum atomic E-state index is 13.1. The molecule has 0 fully saturated rings. The monoisotopic (exact) mass is 515 g/mol. The number of carbonyl (C=O) groups excluding carboxylic acids is 2. The lowest BCUT2D eigenvalue weighted by atomic mass is 10.2. The van der Waals surface area contributed by atoms with Gasteiger partial charge in [0.05, 0.1) is 11.3 Å². The lowest BCUT2D eigenvalue weighted by Gasteiger charge is -2.09. The third kappa shape index (κ3) is 6.25. The molecule has 3 aromatic carbocycles. The molecule has 5 nitrogen and oxygen atoms in total. The van der Waals surface area contributed by atoms with Crippen LogP contribution in [0.3, 0.4) is 0 Å². The third-order valence-corrected chi connectivity index (χ3v) is 6.37. The molecule has 2 N–H and O–H groups in total. The van der Waals surface area contributed by atoms with Gasteiger partial charge < -0.3 is 15.2 Å². The van der Waals surface area contributed by atoms with Gasteiger partial charge in [-0.15, -0.1) is 11.8 Å². The number of hydrogen-bond acceptors (Lipinski definition) is 3. The number of hydrogen-bond donors (Lipinski definition) is 2. The zero-order chi connectivity index (χ0) is 25.7. The number of rotatable bonds is 8. The molecule has 0 atom stereocenters. The lowest BCUT2D eigenvalue weighted by molar-refractivity contribution is -0.137. The van der Waals surface area contributed by atoms with Gasteiger partial charge in [0.15, 0.2) is 0 Å². The van der Waals surface area contributed by atoms with Crippen molar-refractivity contribution in [2.24, 2.45) is 0 Å². The predicted molar refractivity (Wildman–Crippen MR) is 131 cm³/mol. The number of fused-ring (bicyclic) bond motifs is 1. The van der Waals surface area contributed by atoms with Crippen molar-refractivity contribution < 1.29 is 27.2 Å². The van der Waals surface area contributed by atoms with Gasteiger partial charge in [-0.05, 0) is 48.5 Å². The van der Waals surface area contributed by atoms with Gasteiger partial charge in [-0.2, -0.15) is 13.2 Å². The maximum Gasteiger partial charge on any atom is 0.416 e. The minimum absolute atomic E-state index is 0.00551. The Bertz CT molecular complexity index is 1380. The summed E-state index contributed by atoms with van der Waals surface area (Å²) in [5.74, 6) is -1.15. The van der Waals surface area contributed by atoms with Crippen molar-refractivity contribution in [3.05, 3.63) is 95.9 Å². The van der Waals surface area contributed by atoms with Crippen LogP contribution in [0.15, 0.2) is 83.9 Å². The number of carbonyl (C=O) groups is 2. The fourth-order valence-electron chi connectivity index (χ4n) is 3.62. The summed E-state index contributed by atoms with van der Waals surface area (Å²) < 4.78 is 53.7. The highest BCUT2D eigenvalue weighted by molar-refractivity contribution is 8.00. The Balaban J connectivity index is 1.38. The average molecular weight is 516 g/mol. The summed E-state index contributed by atoms with van der Waals surface area (Å²) in [5.41, 5.74) is 0.517. The Labute approximate surface area is 208 Å². The number of nitrogens with zero attached hydrogens (tertiary/aromatic N) is 1. The Morgan fingerprint density at radius 2 is 1.69 bits per heavy atom. The molecule has 4 aromatic rings. The SMILES string of the molecule is O=C(CSc1cn(CCNC(=O)c2ccc(F)cc2)c2ccccc12)Nc1cccc(C(F)(F)F)c1. The zero-order valence-electron chi connectivity index (χ0n) is 18.8. The van der Waals surface area contributed by atoms with E-state index in [9.17, 15) is 27.2 Å². The molecule has 2 amide bonds. The number of benzene rings is 3. The van der Waals surface area contributed by atoms with Crippen LogP contribution in [0.5, 0.6) is 0 Å². The van der Waals surface area contributed by atoms with E-state index in [1.165, 1.54) is 48.2 Å². The van der Waals surface area contributed by atoms with Gasteiger partial charge in [0.25, 0.3) is 5.91 Å². The molecule has 1 aromatic heterocycles. The van der Waals surface area contributed by atoms with E-state index in [0.717, 1.165) is 27.9 Å². The van der Waals surface area contributed by atoms with Gasteiger partial charge in [0.2, 0.25) is 5.91 Å². The summed E-state index contributed by atoms with van der Waals surface area (Å²) in [6.45, 7) is 0.791. The first-order chi connectivity index (χ1) is 17.2. The molecule has 186 valence electrons. The molecule has 0 aliphatic rings. The van der Waals surface area contributed by atoms with Crippen molar-refractivity contribution in [3.8, 4) is 0 Å². The highest BCUT2D eigenvalue weighted by Gasteiger charge is 2.30. The summed E-state index contributed by atoms with van der Waals surface area (Å²) in [7, 11) is 0. The molecule has 10 heteroatoms. The second-order valence-corrected chi connectivity index (χ2v) is 8.90. The number of para-hydroxylation sites is 1. The fraction of sp³-hybridized carbons (Fsp3) is 0.154. The van der Waals surface area contributed by atoms with E-state index in [1.807, 2.05) is 35.0 Å². The Morgan fingerprint density at radius 3 is 2.44 bits per heavy atom. The summed E-state index contributed by atoms with van der Waals surface area (Å²) in [5, 5.41) is 6.22. The highest BCUT2D eigenvalue weighted by Crippen LogP contribution is 2.32. The summed E-state index contributed by atoms with van der Waals surface area (Å²) in [4.78, 5) is 25.5. The third-order valence-electron chi connectivity index (χ3n) is 5.33. The van der Waals surface area contributed by atoms with Gasteiger partial charge in [-0.1, -0.05) is 24.3 Å². The highest BCUT2D eigenvalue weighted by atomic mass is 32.2. The van der Waals surface area contributed by atoms with Crippen molar-refractivity contribution >= 4 is 40.2 Å². The first kappa shape index (κ1) is 25.3. The molecule has 0 saturated heterocycles. The molecule has 1 heterocycles. The minimum atomic E-state index is -4.49. The van der Waals surface area contributed by atoms with E-state index in [4.69, 9.17) is 0 Å². The van der Waals surface area contributed by atoms with Gasteiger partial charge >= 0.3 is 6.18 Å². The van der Waals surface area contributed by atoms with Crippen LogP contribution >= 0.6 is 11.8 Å². The van der Waals surface area contributed by atoms with E-state index < -0.39 is 23.5 Å². The number of anilines is 1. The van der Waals surface area contributed by atoms with E-state index in [-0.39, 0.29) is 17.3 Å². The summed E-state index contributed by atoms with van der Waals surface area (Å²) in [6.07, 6.45) is -2.62. The maximum absolute atomic E-state index is 13.1. The van der Waals surface area contributed by atoms with Crippen molar-refractivity contribution in [2.45, 2.75) is 17.6 Å². The number of thioether (sulfide) groups is 1. The van der Waals surface area contributed by atoms with Crippen molar-refractivity contribution in [1.29, 1.82) is 0 Å². The van der Waals surface area contributed by atoms with Gasteiger partial charge in [-0.25, -0.2) is 4.39 Å². The van der Waals surface area contributed by atoms with Gasteiger partial charge in [-0.3, -0.25) is 9.59 Å². The van der Waals surface area contributed by atoms with Crippen LogP contribution in [-0.4, -0.2) is 28.7 Å². The second-order valence-electron chi connectivity index (χ2n) is 7.88. The number of halogens is 4. The Kier molecular flexibility index (Phi) is 7.64. The standard InChI is InChI=1S/C26H21F4N3O2S/c27-19-10-8-17(9-11-19)25(35)31-12-13-33-15-23(21-6-1-2-7-22(21)33)36-16-24(34)32-20-5-3-4-18(14-20)26(28,29)30/h1-11,14-15H,12-13,16H2,(H,31,35)(H,32,34). The van der Waals surface area contributed by atoms with Crippen LogP contribution in [0.2, 0.25) is 0 Å². The summed E-state index contributed by atoms with van der Waals surface area (Å²) in [6, 6.07) is 17.3. The van der Waals surface area contributed by atoms with E-state index >= 15 is 0 Å². The molecular formula is C26H21F4N3O2S. The van der Waals surface area contributed by atoms with Crippen molar-refractivity contribution in [2.75, 3.05) is 17.6 Å². The van der Waals surface area contributed by atoms with Crippen LogP contribution < -0.4 is 10.6 Å². The molecular weight excluding hydrogens is 494 g/mol. The van der Waals surface area contributed by atoms with Crippen LogP contribution in [0.25, 0.3) is 10.9 Å². The van der Waals surface area contributed by atoms with E-state index in [1.54, 1.807) is 0 Å². The fourth-order valence-corrected chi connectivity index (χ4v) is 4.51. The van der Waals surface area contributed by atoms with Crippen molar-refractivity contribution in [1.82, 2.24) is 9.88 Å². The largest absolute Gasteiger partial charge is 0.416 e. The first-order valence-electron chi connectivity index (χ1n) is 10.9. The van der Waals surface area contributed by atoms with Crippen LogP contribution in [0.4, 0.5) is 23.2 Å². The molecule has 0 aliphatic heterocycles. The van der Waals surface area contributed by atoms with E-state index in [2.05, 4.69) is 10.6 Å². The van der Waals surface area contributed by atoms with E-state index in [0.29, 0.717) is 18.7 Å². The Hall–Kier alpha value is -3.79. The average Bonchev–Trinajstić information content (AvgIpc) is 3.20. The van der Waals surface area contributed by atoms with Crippen molar-refractivity contribution in [3.63, 3.8) is 0 Å². The lowest BCUT2D eigenvalue weighted by Crippen LogP contribution is -2.27. The normalized spacial score (nSPS) is 11.4. The quantitative estimate of drug-likeness (QED) is 0.225. The van der Waals surface area contributed by atoms with Crippen LogP contribution in [-0.2, 0) is 17.5 Å². The number of nitrogens with one attached hydrogen (secondary N) is 2. The molecule has 0 radical (unpaired) electrons.